The molecule has 9 heteroatoms. The van der Waals surface area contributed by atoms with Crippen molar-refractivity contribution in [1.82, 2.24) is 0 Å². The molecular weight excluding hydrogens is 339 g/mol. The lowest BCUT2D eigenvalue weighted by atomic mass is 10.2. The van der Waals surface area contributed by atoms with Crippen molar-refractivity contribution in [2.45, 2.75) is 36.9 Å². The Morgan fingerprint density at radius 3 is 2.33 bits per heavy atom. The number of carbonyl (C=O) groups excluding carboxylic acids is 1. The summed E-state index contributed by atoms with van der Waals surface area (Å²) in [5.74, 6) is -0.369. The SMILES string of the molecule is CC1CCC(C(=O)Nc2c(Cl)cc(S(N)(=O)=O)cc2Cl)O1. The van der Waals surface area contributed by atoms with Crippen LogP contribution in [0.4, 0.5) is 5.69 Å². The van der Waals surface area contributed by atoms with E-state index >= 15 is 0 Å². The summed E-state index contributed by atoms with van der Waals surface area (Å²) in [6.45, 7) is 1.88. The molecule has 1 aromatic rings. The third kappa shape index (κ3) is 3.87. The zero-order valence-electron chi connectivity index (χ0n) is 11.1. The fourth-order valence-electron chi connectivity index (χ4n) is 2.03. The molecule has 0 bridgehead atoms. The molecule has 1 fully saturated rings. The van der Waals surface area contributed by atoms with E-state index < -0.39 is 16.1 Å². The van der Waals surface area contributed by atoms with Crippen LogP contribution in [-0.2, 0) is 19.6 Å². The lowest BCUT2D eigenvalue weighted by Crippen LogP contribution is -2.28. The van der Waals surface area contributed by atoms with Crippen LogP contribution in [0.15, 0.2) is 17.0 Å². The molecule has 2 unspecified atom stereocenters. The molecule has 1 amide bonds. The number of nitrogens with two attached hydrogens (primary N) is 1. The number of hydrogen-bond donors (Lipinski definition) is 2. The fourth-order valence-corrected chi connectivity index (χ4v) is 3.31. The summed E-state index contributed by atoms with van der Waals surface area (Å²) in [7, 11) is -3.92. The second-order valence-corrected chi connectivity index (χ2v) is 7.18. The molecule has 21 heavy (non-hydrogen) atoms. The maximum Gasteiger partial charge on any atom is 0.253 e. The van der Waals surface area contributed by atoms with E-state index in [-0.39, 0.29) is 32.6 Å². The molecule has 1 aliphatic heterocycles. The highest BCUT2D eigenvalue weighted by molar-refractivity contribution is 7.89. The van der Waals surface area contributed by atoms with E-state index in [1.54, 1.807) is 0 Å². The van der Waals surface area contributed by atoms with Crippen molar-refractivity contribution in [3.63, 3.8) is 0 Å². The first-order chi connectivity index (χ1) is 9.68. The summed E-state index contributed by atoms with van der Waals surface area (Å²) in [5, 5.41) is 7.55. The van der Waals surface area contributed by atoms with Crippen LogP contribution in [0.3, 0.4) is 0 Å². The summed E-state index contributed by atoms with van der Waals surface area (Å²) in [5.41, 5.74) is 0.138. The second kappa shape index (κ2) is 6.10. The monoisotopic (exact) mass is 352 g/mol. The summed E-state index contributed by atoms with van der Waals surface area (Å²) < 4.78 is 28.0. The van der Waals surface area contributed by atoms with Gasteiger partial charge in [-0.05, 0) is 31.9 Å². The summed E-state index contributed by atoms with van der Waals surface area (Å²) >= 11 is 11.9. The molecule has 1 saturated heterocycles. The molecule has 2 rings (SSSR count). The van der Waals surface area contributed by atoms with E-state index in [9.17, 15) is 13.2 Å². The highest BCUT2D eigenvalue weighted by atomic mass is 35.5. The van der Waals surface area contributed by atoms with E-state index in [0.29, 0.717) is 6.42 Å². The Balaban J connectivity index is 2.23. The molecule has 0 saturated carbocycles. The second-order valence-electron chi connectivity index (χ2n) is 4.81. The topological polar surface area (TPSA) is 98.5 Å². The standard InChI is InChI=1S/C12H14Cl2N2O4S/c1-6-2-3-10(20-6)12(17)16-11-8(13)4-7(5-9(11)14)21(15,18)19/h4-6,10H,2-3H2,1H3,(H,16,17)(H2,15,18,19). The average molecular weight is 353 g/mol. The highest BCUT2D eigenvalue weighted by Crippen LogP contribution is 2.33. The predicted octanol–water partition coefficient (Wildman–Crippen LogP) is 2.15. The van der Waals surface area contributed by atoms with Gasteiger partial charge in [-0.25, -0.2) is 13.6 Å². The zero-order chi connectivity index (χ0) is 15.8. The Hall–Kier alpha value is -0.860. The summed E-state index contributed by atoms with van der Waals surface area (Å²) in [6.07, 6.45) is 0.864. The van der Waals surface area contributed by atoms with Crippen molar-refractivity contribution in [2.24, 2.45) is 5.14 Å². The van der Waals surface area contributed by atoms with Gasteiger partial charge in [-0.2, -0.15) is 0 Å². The first-order valence-corrected chi connectivity index (χ1v) is 8.47. The Bertz CT molecular complexity index is 655. The smallest absolute Gasteiger partial charge is 0.253 e. The molecule has 1 heterocycles. The van der Waals surface area contributed by atoms with E-state index in [1.165, 1.54) is 0 Å². The molecule has 116 valence electrons. The quantitative estimate of drug-likeness (QED) is 0.870. The minimum Gasteiger partial charge on any atom is -0.365 e. The van der Waals surface area contributed by atoms with Crippen LogP contribution in [0.2, 0.25) is 10.0 Å². The number of sulfonamides is 1. The maximum atomic E-state index is 12.1. The Morgan fingerprint density at radius 1 is 1.33 bits per heavy atom. The molecule has 0 aromatic heterocycles. The van der Waals surface area contributed by atoms with Crippen LogP contribution in [0.25, 0.3) is 0 Å². The van der Waals surface area contributed by atoms with Crippen molar-refractivity contribution in [3.05, 3.63) is 22.2 Å². The number of ether oxygens (including phenoxy) is 1. The Kier molecular flexibility index (Phi) is 4.79. The van der Waals surface area contributed by atoms with Gasteiger partial charge in [0.25, 0.3) is 5.91 Å². The zero-order valence-corrected chi connectivity index (χ0v) is 13.4. The van der Waals surface area contributed by atoms with Gasteiger partial charge in [-0.3, -0.25) is 4.79 Å². The van der Waals surface area contributed by atoms with Gasteiger partial charge in [0, 0.05) is 0 Å². The highest BCUT2D eigenvalue weighted by Gasteiger charge is 2.29. The van der Waals surface area contributed by atoms with Crippen molar-refractivity contribution < 1.29 is 17.9 Å². The van der Waals surface area contributed by atoms with E-state index in [2.05, 4.69) is 5.32 Å². The van der Waals surface area contributed by atoms with Gasteiger partial charge in [0.15, 0.2) is 0 Å². The molecule has 1 aromatic carbocycles. The summed E-state index contributed by atoms with van der Waals surface area (Å²) in [6, 6.07) is 2.27. The van der Waals surface area contributed by atoms with Crippen molar-refractivity contribution >= 4 is 44.8 Å². The third-order valence-corrected chi connectivity index (χ3v) is 4.61. The molecule has 0 radical (unpaired) electrons. The summed E-state index contributed by atoms with van der Waals surface area (Å²) in [4.78, 5) is 11.8. The lowest BCUT2D eigenvalue weighted by Gasteiger charge is -2.14. The van der Waals surface area contributed by atoms with E-state index in [0.717, 1.165) is 18.6 Å². The fraction of sp³-hybridized carbons (Fsp3) is 0.417. The lowest BCUT2D eigenvalue weighted by molar-refractivity contribution is -0.126. The third-order valence-electron chi connectivity index (χ3n) is 3.12. The largest absolute Gasteiger partial charge is 0.365 e. The first kappa shape index (κ1) is 16.5. The van der Waals surface area contributed by atoms with Gasteiger partial charge in [-0.15, -0.1) is 0 Å². The van der Waals surface area contributed by atoms with Gasteiger partial charge in [0.1, 0.15) is 6.10 Å². The van der Waals surface area contributed by atoms with Gasteiger partial charge in [0.2, 0.25) is 10.0 Å². The number of nitrogens with one attached hydrogen (secondary N) is 1. The molecule has 2 atom stereocenters. The van der Waals surface area contributed by atoms with Crippen LogP contribution < -0.4 is 10.5 Å². The maximum absolute atomic E-state index is 12.1. The number of primary sulfonamides is 1. The van der Waals surface area contributed by atoms with E-state index in [4.69, 9.17) is 33.1 Å². The van der Waals surface area contributed by atoms with Crippen molar-refractivity contribution in [2.75, 3.05) is 5.32 Å². The van der Waals surface area contributed by atoms with Crippen molar-refractivity contribution in [1.29, 1.82) is 0 Å². The number of rotatable bonds is 3. The average Bonchev–Trinajstić information content (AvgIpc) is 2.79. The number of anilines is 1. The number of halogens is 2. The minimum atomic E-state index is -3.92. The van der Waals surface area contributed by atoms with Crippen LogP contribution in [0, 0.1) is 0 Å². The number of benzene rings is 1. The molecule has 6 nitrogen and oxygen atoms in total. The van der Waals surface area contributed by atoms with Crippen LogP contribution in [-0.4, -0.2) is 26.5 Å². The minimum absolute atomic E-state index is 0.00841. The Labute approximate surface area is 132 Å². The number of hydrogen-bond acceptors (Lipinski definition) is 4. The van der Waals surface area contributed by atoms with Crippen LogP contribution in [0.1, 0.15) is 19.8 Å². The Morgan fingerprint density at radius 2 is 1.90 bits per heavy atom. The predicted molar refractivity (Wildman–Crippen MR) is 80.0 cm³/mol. The first-order valence-electron chi connectivity index (χ1n) is 6.16. The number of amides is 1. The van der Waals surface area contributed by atoms with Gasteiger partial charge in [-0.1, -0.05) is 23.2 Å². The van der Waals surface area contributed by atoms with Gasteiger partial charge < -0.3 is 10.1 Å². The van der Waals surface area contributed by atoms with Gasteiger partial charge in [0.05, 0.1) is 26.7 Å². The number of carbonyl (C=O) groups is 1. The van der Waals surface area contributed by atoms with Crippen LogP contribution in [0.5, 0.6) is 0 Å². The molecule has 1 aliphatic rings. The van der Waals surface area contributed by atoms with E-state index in [1.807, 2.05) is 6.92 Å². The van der Waals surface area contributed by atoms with Crippen molar-refractivity contribution in [3.8, 4) is 0 Å². The molecular formula is C12H14Cl2N2O4S. The normalized spacial score (nSPS) is 22.3. The molecule has 3 N–H and O–H groups in total. The van der Waals surface area contributed by atoms with Gasteiger partial charge >= 0.3 is 0 Å². The molecule has 0 aliphatic carbocycles. The van der Waals surface area contributed by atoms with Crippen LogP contribution >= 0.6 is 23.2 Å². The molecule has 0 spiro atoms.